The van der Waals surface area contributed by atoms with Crippen LogP contribution in [0.3, 0.4) is 0 Å². The van der Waals surface area contributed by atoms with Gasteiger partial charge in [0.05, 0.1) is 0 Å². The molecule has 0 spiro atoms. The van der Waals surface area contributed by atoms with E-state index in [1.165, 1.54) is 23.2 Å². The molecule has 1 heterocycles. The fourth-order valence-corrected chi connectivity index (χ4v) is 3.66. The van der Waals surface area contributed by atoms with E-state index in [2.05, 4.69) is 64.2 Å². The predicted molar refractivity (Wildman–Crippen MR) is 82.7 cm³/mol. The summed E-state index contributed by atoms with van der Waals surface area (Å²) in [5.41, 5.74) is 4.00. The van der Waals surface area contributed by atoms with Gasteiger partial charge in [0.25, 0.3) is 0 Å². The summed E-state index contributed by atoms with van der Waals surface area (Å²) in [6.45, 7) is 2.14. The van der Waals surface area contributed by atoms with E-state index in [-0.39, 0.29) is 0 Å². The molecule has 1 fully saturated rings. The average Bonchev–Trinajstić information content (AvgIpc) is 3.23. The largest absolute Gasteiger partial charge is 0.261 e. The first-order valence-corrected chi connectivity index (χ1v) is 7.77. The third kappa shape index (κ3) is 2.89. The van der Waals surface area contributed by atoms with Gasteiger partial charge in [-0.15, -0.1) is 0 Å². The van der Waals surface area contributed by atoms with Gasteiger partial charge < -0.3 is 0 Å². The number of rotatable bonds is 4. The molecule has 0 N–H and O–H groups in total. The maximum atomic E-state index is 4.50. The molecule has 3 atom stereocenters. The van der Waals surface area contributed by atoms with Gasteiger partial charge in [-0.1, -0.05) is 52.3 Å². The van der Waals surface area contributed by atoms with Gasteiger partial charge in [0.1, 0.15) is 0 Å². The standard InChI is InChI=1S/C17H18BrN/c1-12-6-5-9-19-17(12)11-16(18)15-10-14(15)13-7-3-2-4-8-13/h2-9,14-16H,10-11H2,1H3. The fraction of sp³-hybridized carbons (Fsp3) is 0.353. The molecule has 1 aromatic heterocycles. The molecular weight excluding hydrogens is 298 g/mol. The molecule has 3 rings (SSSR count). The van der Waals surface area contributed by atoms with Gasteiger partial charge in [-0.05, 0) is 42.4 Å². The Hall–Kier alpha value is -1.15. The molecule has 1 aliphatic rings. The molecule has 0 bridgehead atoms. The van der Waals surface area contributed by atoms with Crippen LogP contribution in [-0.2, 0) is 6.42 Å². The Kier molecular flexibility index (Phi) is 3.69. The number of nitrogens with zero attached hydrogens (tertiary/aromatic N) is 1. The molecule has 1 aliphatic carbocycles. The normalized spacial score (nSPS) is 23.1. The van der Waals surface area contributed by atoms with E-state index in [4.69, 9.17) is 0 Å². The highest BCUT2D eigenvalue weighted by Crippen LogP contribution is 2.52. The second-order valence-corrected chi connectivity index (χ2v) is 6.58. The molecule has 0 aliphatic heterocycles. The van der Waals surface area contributed by atoms with Gasteiger partial charge in [0.15, 0.2) is 0 Å². The van der Waals surface area contributed by atoms with Crippen molar-refractivity contribution in [2.24, 2.45) is 5.92 Å². The van der Waals surface area contributed by atoms with Crippen LogP contribution in [0.2, 0.25) is 0 Å². The third-order valence-corrected chi connectivity index (χ3v) is 5.04. The molecule has 0 amide bonds. The molecule has 0 radical (unpaired) electrons. The Bertz CT molecular complexity index is 552. The lowest BCUT2D eigenvalue weighted by atomic mass is 10.0. The van der Waals surface area contributed by atoms with E-state index < -0.39 is 0 Å². The number of aromatic nitrogens is 1. The van der Waals surface area contributed by atoms with Crippen molar-refractivity contribution in [2.45, 2.75) is 30.5 Å². The highest BCUT2D eigenvalue weighted by Gasteiger charge is 2.42. The first kappa shape index (κ1) is 12.9. The van der Waals surface area contributed by atoms with E-state index in [1.807, 2.05) is 12.3 Å². The maximum absolute atomic E-state index is 4.50. The summed E-state index contributed by atoms with van der Waals surface area (Å²) >= 11 is 3.87. The van der Waals surface area contributed by atoms with E-state index in [1.54, 1.807) is 0 Å². The highest BCUT2D eigenvalue weighted by molar-refractivity contribution is 9.09. The van der Waals surface area contributed by atoms with Crippen LogP contribution in [-0.4, -0.2) is 9.81 Å². The van der Waals surface area contributed by atoms with Gasteiger partial charge in [-0.3, -0.25) is 4.98 Å². The van der Waals surface area contributed by atoms with Gasteiger partial charge in [0, 0.05) is 23.1 Å². The lowest BCUT2D eigenvalue weighted by Gasteiger charge is -2.11. The van der Waals surface area contributed by atoms with Crippen LogP contribution < -0.4 is 0 Å². The molecule has 1 saturated carbocycles. The molecule has 0 saturated heterocycles. The summed E-state index contributed by atoms with van der Waals surface area (Å²) in [7, 11) is 0. The van der Waals surface area contributed by atoms with Crippen molar-refractivity contribution in [3.63, 3.8) is 0 Å². The van der Waals surface area contributed by atoms with Gasteiger partial charge in [-0.25, -0.2) is 0 Å². The topological polar surface area (TPSA) is 12.9 Å². The second-order valence-electron chi connectivity index (χ2n) is 5.40. The second kappa shape index (κ2) is 5.46. The number of alkyl halides is 1. The number of aryl methyl sites for hydroxylation is 1. The Morgan fingerprint density at radius 3 is 2.74 bits per heavy atom. The minimum atomic E-state index is 0.534. The van der Waals surface area contributed by atoms with Crippen molar-refractivity contribution in [2.75, 3.05) is 0 Å². The van der Waals surface area contributed by atoms with Crippen molar-refractivity contribution < 1.29 is 0 Å². The van der Waals surface area contributed by atoms with Crippen molar-refractivity contribution in [3.05, 3.63) is 65.5 Å². The molecular formula is C17H18BrN. The summed E-state index contributed by atoms with van der Waals surface area (Å²) in [5.74, 6) is 1.48. The molecule has 98 valence electrons. The Labute approximate surface area is 123 Å². The number of hydrogen-bond acceptors (Lipinski definition) is 1. The first-order chi connectivity index (χ1) is 9.25. The van der Waals surface area contributed by atoms with E-state index in [0.29, 0.717) is 4.83 Å². The molecule has 2 heteroatoms. The smallest absolute Gasteiger partial charge is 0.0443 e. The van der Waals surface area contributed by atoms with Gasteiger partial charge >= 0.3 is 0 Å². The quantitative estimate of drug-likeness (QED) is 0.757. The fourth-order valence-electron chi connectivity index (χ4n) is 2.77. The van der Waals surface area contributed by atoms with Crippen LogP contribution in [0.5, 0.6) is 0 Å². The average molecular weight is 316 g/mol. The minimum Gasteiger partial charge on any atom is -0.261 e. The summed E-state index contributed by atoms with van der Waals surface area (Å²) in [4.78, 5) is 5.03. The van der Waals surface area contributed by atoms with Crippen LogP contribution in [0, 0.1) is 12.8 Å². The lowest BCUT2D eigenvalue weighted by Crippen LogP contribution is -2.09. The Morgan fingerprint density at radius 2 is 2.00 bits per heavy atom. The molecule has 1 aromatic carbocycles. The SMILES string of the molecule is Cc1cccnc1CC(Br)C1CC1c1ccccc1. The number of benzene rings is 1. The zero-order valence-corrected chi connectivity index (χ0v) is 12.7. The summed E-state index contributed by atoms with van der Waals surface area (Å²) in [5, 5.41) is 0. The van der Waals surface area contributed by atoms with E-state index >= 15 is 0 Å². The maximum Gasteiger partial charge on any atom is 0.0443 e. The van der Waals surface area contributed by atoms with Crippen LogP contribution in [0.25, 0.3) is 0 Å². The summed E-state index contributed by atoms with van der Waals surface area (Å²) in [6.07, 6.45) is 4.22. The number of hydrogen-bond donors (Lipinski definition) is 0. The van der Waals surface area contributed by atoms with Crippen molar-refractivity contribution in [1.82, 2.24) is 4.98 Å². The molecule has 2 aromatic rings. The monoisotopic (exact) mass is 315 g/mol. The molecule has 19 heavy (non-hydrogen) atoms. The summed E-state index contributed by atoms with van der Waals surface area (Å²) in [6, 6.07) is 15.0. The zero-order valence-electron chi connectivity index (χ0n) is 11.1. The van der Waals surface area contributed by atoms with E-state index in [0.717, 1.165) is 18.3 Å². The molecule has 3 unspecified atom stereocenters. The molecule has 1 nitrogen and oxygen atoms in total. The summed E-state index contributed by atoms with van der Waals surface area (Å²) < 4.78 is 0. The first-order valence-electron chi connectivity index (χ1n) is 6.85. The van der Waals surface area contributed by atoms with Gasteiger partial charge in [0.2, 0.25) is 0 Å². The van der Waals surface area contributed by atoms with Crippen LogP contribution in [0.1, 0.15) is 29.2 Å². The predicted octanol–water partition coefficient (Wildman–Crippen LogP) is 4.50. The van der Waals surface area contributed by atoms with Crippen LogP contribution in [0.15, 0.2) is 48.7 Å². The van der Waals surface area contributed by atoms with Crippen LogP contribution >= 0.6 is 15.9 Å². The minimum absolute atomic E-state index is 0.534. The van der Waals surface area contributed by atoms with E-state index in [9.17, 15) is 0 Å². The van der Waals surface area contributed by atoms with Crippen molar-refractivity contribution in [1.29, 1.82) is 0 Å². The van der Waals surface area contributed by atoms with Crippen molar-refractivity contribution >= 4 is 15.9 Å². The third-order valence-electron chi connectivity index (χ3n) is 4.04. The zero-order chi connectivity index (χ0) is 13.2. The number of pyridine rings is 1. The number of halogens is 1. The Balaban J connectivity index is 1.64. The highest BCUT2D eigenvalue weighted by atomic mass is 79.9. The Morgan fingerprint density at radius 1 is 1.21 bits per heavy atom. The lowest BCUT2D eigenvalue weighted by molar-refractivity contribution is 0.720. The van der Waals surface area contributed by atoms with Crippen LogP contribution in [0.4, 0.5) is 0 Å². The van der Waals surface area contributed by atoms with Crippen molar-refractivity contribution in [3.8, 4) is 0 Å². The van der Waals surface area contributed by atoms with Gasteiger partial charge in [-0.2, -0.15) is 0 Å².